The van der Waals surface area contributed by atoms with Gasteiger partial charge in [-0.2, -0.15) is 0 Å². The van der Waals surface area contributed by atoms with E-state index in [1.165, 1.54) is 23.1 Å². The van der Waals surface area contributed by atoms with Crippen LogP contribution in [0.25, 0.3) is 0 Å². The predicted octanol–water partition coefficient (Wildman–Crippen LogP) is 0.552. The highest BCUT2D eigenvalue weighted by atomic mass is 16.4. The van der Waals surface area contributed by atoms with Gasteiger partial charge in [0.05, 0.1) is 0 Å². The van der Waals surface area contributed by atoms with Gasteiger partial charge >= 0.3 is 0 Å². The van der Waals surface area contributed by atoms with Gasteiger partial charge in [0.2, 0.25) is 0 Å². The number of hydrogen-bond acceptors (Lipinski definition) is 5. The Labute approximate surface area is 110 Å². The number of oxime groups is 1. The maximum absolute atomic E-state index is 12.0. The lowest BCUT2D eigenvalue weighted by molar-refractivity contribution is 0.0785. The summed E-state index contributed by atoms with van der Waals surface area (Å²) in [5.74, 6) is -1.25. The molecule has 0 saturated heterocycles. The zero-order chi connectivity index (χ0) is 14.6. The van der Waals surface area contributed by atoms with Crippen LogP contribution in [0, 0.1) is 5.92 Å². The highest BCUT2D eigenvalue weighted by Gasteiger charge is 2.17. The molecule has 0 aromatic heterocycles. The van der Waals surface area contributed by atoms with Gasteiger partial charge in [0.15, 0.2) is 11.5 Å². The fourth-order valence-corrected chi connectivity index (χ4v) is 1.56. The third-order valence-corrected chi connectivity index (χ3v) is 2.74. The van der Waals surface area contributed by atoms with Gasteiger partial charge in [-0.1, -0.05) is 12.1 Å². The number of carbonyl (C=O) groups excluding carboxylic acids is 1. The molecule has 0 spiro atoms. The first kappa shape index (κ1) is 14.6. The van der Waals surface area contributed by atoms with E-state index in [0.29, 0.717) is 0 Å². The predicted molar refractivity (Wildman–Crippen MR) is 69.3 cm³/mol. The van der Waals surface area contributed by atoms with Crippen molar-refractivity contribution in [2.24, 2.45) is 16.8 Å². The van der Waals surface area contributed by atoms with Crippen LogP contribution in [-0.4, -0.2) is 45.7 Å². The Morgan fingerprint density at radius 3 is 2.58 bits per heavy atom. The number of amidine groups is 1. The van der Waals surface area contributed by atoms with Crippen molar-refractivity contribution in [3.05, 3.63) is 23.8 Å². The Bertz CT molecular complexity index is 502. The number of hydrogen-bond donors (Lipinski definition) is 4. The molecule has 0 aliphatic rings. The minimum atomic E-state index is -0.358. The third-order valence-electron chi connectivity index (χ3n) is 2.74. The molecule has 1 unspecified atom stereocenters. The van der Waals surface area contributed by atoms with Crippen LogP contribution in [0.2, 0.25) is 0 Å². The summed E-state index contributed by atoms with van der Waals surface area (Å²) < 4.78 is 0. The van der Waals surface area contributed by atoms with Crippen LogP contribution >= 0.6 is 0 Å². The molecule has 0 bridgehead atoms. The number of aromatic hydroxyl groups is 2. The van der Waals surface area contributed by atoms with Gasteiger partial charge < -0.3 is 26.1 Å². The normalized spacial score (nSPS) is 13.1. The first-order valence-corrected chi connectivity index (χ1v) is 5.61. The fourth-order valence-electron chi connectivity index (χ4n) is 1.56. The molecule has 1 aromatic rings. The highest BCUT2D eigenvalue weighted by molar-refractivity contribution is 5.95. The molecule has 0 heterocycles. The Balaban J connectivity index is 2.79. The maximum Gasteiger partial charge on any atom is 0.253 e. The highest BCUT2D eigenvalue weighted by Crippen LogP contribution is 2.25. The molecule has 0 fully saturated rings. The van der Waals surface area contributed by atoms with Gasteiger partial charge in [-0.05, 0) is 18.2 Å². The van der Waals surface area contributed by atoms with Gasteiger partial charge in [0.1, 0.15) is 5.84 Å². The summed E-state index contributed by atoms with van der Waals surface area (Å²) in [6.07, 6.45) is 0. The van der Waals surface area contributed by atoms with E-state index in [-0.39, 0.29) is 41.3 Å². The molecule has 1 rings (SSSR count). The number of amides is 1. The Kier molecular flexibility index (Phi) is 4.57. The molecule has 0 saturated carbocycles. The molecule has 0 aliphatic heterocycles. The van der Waals surface area contributed by atoms with E-state index in [0.717, 1.165) is 0 Å². The van der Waals surface area contributed by atoms with Crippen molar-refractivity contribution in [3.63, 3.8) is 0 Å². The molecule has 104 valence electrons. The van der Waals surface area contributed by atoms with Gasteiger partial charge in [0, 0.05) is 25.1 Å². The molecular formula is C12H17N3O4. The monoisotopic (exact) mass is 267 g/mol. The largest absolute Gasteiger partial charge is 0.504 e. The van der Waals surface area contributed by atoms with E-state index in [9.17, 15) is 15.0 Å². The molecular weight excluding hydrogens is 250 g/mol. The van der Waals surface area contributed by atoms with Gasteiger partial charge in [-0.3, -0.25) is 4.79 Å². The lowest BCUT2D eigenvalue weighted by Crippen LogP contribution is -2.36. The van der Waals surface area contributed by atoms with Crippen molar-refractivity contribution in [3.8, 4) is 11.5 Å². The quantitative estimate of drug-likeness (QED) is 0.209. The first-order chi connectivity index (χ1) is 8.86. The number of nitrogens with zero attached hydrogens (tertiary/aromatic N) is 2. The summed E-state index contributed by atoms with van der Waals surface area (Å²) in [6.45, 7) is 1.98. The molecule has 19 heavy (non-hydrogen) atoms. The van der Waals surface area contributed by atoms with Crippen LogP contribution in [0.1, 0.15) is 17.3 Å². The van der Waals surface area contributed by atoms with Crippen molar-refractivity contribution in [2.75, 3.05) is 13.6 Å². The SMILES string of the molecule is CC(CN(C)C(=O)c1ccc(O)c(O)c1)/C(N)=N/O. The summed E-state index contributed by atoms with van der Waals surface area (Å²) in [5, 5.41) is 29.9. The summed E-state index contributed by atoms with van der Waals surface area (Å²) >= 11 is 0. The van der Waals surface area contributed by atoms with E-state index in [4.69, 9.17) is 10.9 Å². The summed E-state index contributed by atoms with van der Waals surface area (Å²) in [7, 11) is 1.56. The summed E-state index contributed by atoms with van der Waals surface area (Å²) in [6, 6.07) is 3.83. The molecule has 1 amide bonds. The van der Waals surface area contributed by atoms with E-state index in [1.807, 2.05) is 0 Å². The average Bonchev–Trinajstić information content (AvgIpc) is 2.39. The van der Waals surface area contributed by atoms with Gasteiger partial charge in [-0.15, -0.1) is 0 Å². The second-order valence-electron chi connectivity index (χ2n) is 4.32. The van der Waals surface area contributed by atoms with Crippen LogP contribution in [0.3, 0.4) is 0 Å². The lowest BCUT2D eigenvalue weighted by atomic mass is 10.1. The second kappa shape index (κ2) is 5.94. The molecule has 7 heteroatoms. The molecule has 5 N–H and O–H groups in total. The average molecular weight is 267 g/mol. The zero-order valence-corrected chi connectivity index (χ0v) is 10.7. The van der Waals surface area contributed by atoms with Crippen molar-refractivity contribution < 1.29 is 20.2 Å². The topological polar surface area (TPSA) is 119 Å². The first-order valence-electron chi connectivity index (χ1n) is 5.61. The molecule has 1 aromatic carbocycles. The van der Waals surface area contributed by atoms with Gasteiger partial charge in [0.25, 0.3) is 5.91 Å². The molecule has 1 atom stereocenters. The van der Waals surface area contributed by atoms with Crippen molar-refractivity contribution in [1.82, 2.24) is 4.90 Å². The van der Waals surface area contributed by atoms with Crippen LogP contribution < -0.4 is 5.73 Å². The van der Waals surface area contributed by atoms with Crippen molar-refractivity contribution in [1.29, 1.82) is 0 Å². The number of nitrogens with two attached hydrogens (primary N) is 1. The number of phenolic OH excluding ortho intramolecular Hbond substituents is 2. The van der Waals surface area contributed by atoms with E-state index < -0.39 is 0 Å². The Morgan fingerprint density at radius 2 is 2.05 bits per heavy atom. The van der Waals surface area contributed by atoms with E-state index >= 15 is 0 Å². The summed E-state index contributed by atoms with van der Waals surface area (Å²) in [4.78, 5) is 13.4. The van der Waals surface area contributed by atoms with Crippen LogP contribution in [0.5, 0.6) is 11.5 Å². The maximum atomic E-state index is 12.0. The number of phenols is 2. The minimum Gasteiger partial charge on any atom is -0.504 e. The zero-order valence-electron chi connectivity index (χ0n) is 10.7. The van der Waals surface area contributed by atoms with Crippen LogP contribution in [-0.2, 0) is 0 Å². The van der Waals surface area contributed by atoms with E-state index in [1.54, 1.807) is 14.0 Å². The van der Waals surface area contributed by atoms with Gasteiger partial charge in [-0.25, -0.2) is 0 Å². The fraction of sp³-hybridized carbons (Fsp3) is 0.333. The number of carbonyl (C=O) groups is 1. The Morgan fingerprint density at radius 1 is 1.42 bits per heavy atom. The second-order valence-corrected chi connectivity index (χ2v) is 4.32. The molecule has 7 nitrogen and oxygen atoms in total. The Hall–Kier alpha value is -2.44. The van der Waals surface area contributed by atoms with E-state index in [2.05, 4.69) is 5.16 Å². The third kappa shape index (κ3) is 3.51. The lowest BCUT2D eigenvalue weighted by Gasteiger charge is -2.21. The molecule has 0 radical (unpaired) electrons. The molecule has 0 aliphatic carbocycles. The van der Waals surface area contributed by atoms with Crippen LogP contribution in [0.4, 0.5) is 0 Å². The number of benzene rings is 1. The smallest absolute Gasteiger partial charge is 0.253 e. The van der Waals surface area contributed by atoms with Crippen molar-refractivity contribution in [2.45, 2.75) is 6.92 Å². The van der Waals surface area contributed by atoms with Crippen molar-refractivity contribution >= 4 is 11.7 Å². The van der Waals surface area contributed by atoms with Crippen LogP contribution in [0.15, 0.2) is 23.4 Å². The number of rotatable bonds is 4. The standard InChI is InChI=1S/C12H17N3O4/c1-7(11(13)14-19)6-15(2)12(18)8-3-4-9(16)10(17)5-8/h3-5,7,16-17,19H,6H2,1-2H3,(H2,13,14). The summed E-state index contributed by atoms with van der Waals surface area (Å²) in [5.41, 5.74) is 5.68. The minimum absolute atomic E-state index is 0.0354.